The van der Waals surface area contributed by atoms with Gasteiger partial charge >= 0.3 is 0 Å². The summed E-state index contributed by atoms with van der Waals surface area (Å²) < 4.78 is 6.35. The van der Waals surface area contributed by atoms with Gasteiger partial charge in [-0.3, -0.25) is 0 Å². The maximum atomic E-state index is 10.2. The molecular weight excluding hydrogens is 308 g/mol. The zero-order valence-electron chi connectivity index (χ0n) is 16.3. The first-order chi connectivity index (χ1) is 11.9. The first-order valence-electron chi connectivity index (χ1n) is 10.9. The number of allylic oxidation sites excluding steroid dienone is 1. The summed E-state index contributed by atoms with van der Waals surface area (Å²) in [6, 6.07) is 0. The average molecular weight is 345 g/mol. The summed E-state index contributed by atoms with van der Waals surface area (Å²) in [5.74, 6) is 4.09. The van der Waals surface area contributed by atoms with Crippen molar-refractivity contribution in [1.82, 2.24) is 0 Å². The summed E-state index contributed by atoms with van der Waals surface area (Å²) in [6.07, 6.45) is 12.9. The minimum atomic E-state index is -0.0889. The van der Waals surface area contributed by atoms with Crippen LogP contribution in [-0.2, 0) is 4.74 Å². The van der Waals surface area contributed by atoms with E-state index in [1.165, 1.54) is 38.5 Å². The van der Waals surface area contributed by atoms with Crippen molar-refractivity contribution in [3.8, 4) is 0 Å². The highest BCUT2D eigenvalue weighted by atomic mass is 16.5. The minimum absolute atomic E-state index is 0.0889. The van der Waals surface area contributed by atoms with E-state index in [1.54, 1.807) is 5.57 Å². The normalized spacial score (nSPS) is 57.8. The molecule has 0 aromatic carbocycles. The quantitative estimate of drug-likeness (QED) is 0.629. The van der Waals surface area contributed by atoms with Crippen LogP contribution in [0.1, 0.15) is 72.1 Å². The number of rotatable bonds is 0. The second-order valence-corrected chi connectivity index (χ2v) is 10.8. The van der Waals surface area contributed by atoms with Gasteiger partial charge < -0.3 is 9.84 Å². The molecule has 0 radical (unpaired) electrons. The molecule has 4 aliphatic carbocycles. The summed E-state index contributed by atoms with van der Waals surface area (Å²) in [6.45, 7) is 8.51. The van der Waals surface area contributed by atoms with E-state index in [9.17, 15) is 5.11 Å². The monoisotopic (exact) mass is 344 g/mol. The SMILES string of the molecule is CC1COC2CC3C4CC=C5CC(O)CCC5(C)C4CCC3(C)C2C1. The summed E-state index contributed by atoms with van der Waals surface area (Å²) in [4.78, 5) is 0. The van der Waals surface area contributed by atoms with Crippen molar-refractivity contribution in [1.29, 1.82) is 0 Å². The van der Waals surface area contributed by atoms with Gasteiger partial charge in [-0.05, 0) is 91.8 Å². The summed E-state index contributed by atoms with van der Waals surface area (Å²) in [5.41, 5.74) is 2.47. The fourth-order valence-electron chi connectivity index (χ4n) is 8.13. The van der Waals surface area contributed by atoms with Crippen LogP contribution in [0.15, 0.2) is 11.6 Å². The number of hydrogen-bond donors (Lipinski definition) is 1. The van der Waals surface area contributed by atoms with Gasteiger partial charge in [-0.15, -0.1) is 0 Å². The Morgan fingerprint density at radius 3 is 2.76 bits per heavy atom. The molecule has 2 heteroatoms. The van der Waals surface area contributed by atoms with Crippen molar-refractivity contribution in [2.24, 2.45) is 40.4 Å². The van der Waals surface area contributed by atoms with Crippen LogP contribution in [0, 0.1) is 40.4 Å². The van der Waals surface area contributed by atoms with E-state index in [1.807, 2.05) is 0 Å². The zero-order valence-corrected chi connectivity index (χ0v) is 16.3. The van der Waals surface area contributed by atoms with Crippen LogP contribution in [0.4, 0.5) is 0 Å². The number of ether oxygens (including phenoxy) is 1. The Labute approximate surface area is 153 Å². The summed E-state index contributed by atoms with van der Waals surface area (Å²) in [5, 5.41) is 10.2. The zero-order chi connectivity index (χ0) is 17.4. The van der Waals surface area contributed by atoms with E-state index in [2.05, 4.69) is 26.8 Å². The lowest BCUT2D eigenvalue weighted by Crippen LogP contribution is -2.50. The van der Waals surface area contributed by atoms with Gasteiger partial charge in [0.05, 0.1) is 12.2 Å². The van der Waals surface area contributed by atoms with Crippen molar-refractivity contribution in [2.75, 3.05) is 6.61 Å². The van der Waals surface area contributed by atoms with E-state index >= 15 is 0 Å². The Morgan fingerprint density at radius 2 is 1.92 bits per heavy atom. The first-order valence-corrected chi connectivity index (χ1v) is 10.9. The van der Waals surface area contributed by atoms with E-state index < -0.39 is 0 Å². The highest BCUT2D eigenvalue weighted by molar-refractivity contribution is 5.25. The molecule has 0 amide bonds. The molecule has 0 aromatic heterocycles. The Morgan fingerprint density at radius 1 is 1.08 bits per heavy atom. The van der Waals surface area contributed by atoms with Gasteiger partial charge in [-0.1, -0.05) is 32.4 Å². The van der Waals surface area contributed by atoms with Gasteiger partial charge in [-0.2, -0.15) is 0 Å². The standard InChI is InChI=1S/C23H36O2/c1-14-10-20-21(25-13-14)12-19-17-5-4-15-11-16(24)6-8-22(15,2)18(17)7-9-23(19,20)3/h4,14,16-21,24H,5-13H2,1-3H3. The van der Waals surface area contributed by atoms with Crippen molar-refractivity contribution >= 4 is 0 Å². The van der Waals surface area contributed by atoms with Crippen LogP contribution in [-0.4, -0.2) is 23.9 Å². The molecule has 4 fully saturated rings. The maximum absolute atomic E-state index is 10.2. The van der Waals surface area contributed by atoms with E-state index in [0.717, 1.165) is 49.0 Å². The highest BCUT2D eigenvalue weighted by Crippen LogP contribution is 2.67. The van der Waals surface area contributed by atoms with Crippen LogP contribution in [0.2, 0.25) is 0 Å². The Balaban J connectivity index is 1.47. The fraction of sp³-hybridized carbons (Fsp3) is 0.913. The smallest absolute Gasteiger partial charge is 0.0611 e. The van der Waals surface area contributed by atoms with Crippen LogP contribution < -0.4 is 0 Å². The molecule has 1 heterocycles. The second kappa shape index (κ2) is 5.58. The molecule has 5 aliphatic rings. The largest absolute Gasteiger partial charge is 0.393 e. The third-order valence-corrected chi connectivity index (χ3v) is 9.55. The molecule has 9 atom stereocenters. The number of aliphatic hydroxyl groups is 1. The van der Waals surface area contributed by atoms with Crippen molar-refractivity contribution in [3.05, 3.63) is 11.6 Å². The minimum Gasteiger partial charge on any atom is -0.393 e. The molecule has 3 saturated carbocycles. The van der Waals surface area contributed by atoms with Crippen LogP contribution in [0.3, 0.4) is 0 Å². The molecule has 0 bridgehead atoms. The molecular formula is C23H36O2. The van der Waals surface area contributed by atoms with E-state index in [4.69, 9.17) is 4.74 Å². The molecule has 1 N–H and O–H groups in total. The van der Waals surface area contributed by atoms with Gasteiger partial charge in [-0.25, -0.2) is 0 Å². The highest BCUT2D eigenvalue weighted by Gasteiger charge is 2.61. The lowest BCUT2D eigenvalue weighted by Gasteiger charge is -2.58. The molecule has 5 rings (SSSR count). The first kappa shape index (κ1) is 16.8. The van der Waals surface area contributed by atoms with Crippen molar-refractivity contribution < 1.29 is 9.84 Å². The average Bonchev–Trinajstić information content (AvgIpc) is 2.88. The molecule has 9 unspecified atom stereocenters. The van der Waals surface area contributed by atoms with Gasteiger partial charge in [0.2, 0.25) is 0 Å². The van der Waals surface area contributed by atoms with Gasteiger partial charge in [0.25, 0.3) is 0 Å². The lowest BCUT2D eigenvalue weighted by molar-refractivity contribution is -0.0817. The second-order valence-electron chi connectivity index (χ2n) is 10.8. The van der Waals surface area contributed by atoms with Crippen LogP contribution in [0.25, 0.3) is 0 Å². The molecule has 25 heavy (non-hydrogen) atoms. The van der Waals surface area contributed by atoms with Crippen LogP contribution >= 0.6 is 0 Å². The Bertz CT molecular complexity index is 583. The molecule has 140 valence electrons. The third-order valence-electron chi connectivity index (χ3n) is 9.55. The van der Waals surface area contributed by atoms with Gasteiger partial charge in [0, 0.05) is 6.61 Å². The van der Waals surface area contributed by atoms with Crippen LogP contribution in [0.5, 0.6) is 0 Å². The van der Waals surface area contributed by atoms with E-state index in [0.29, 0.717) is 16.9 Å². The molecule has 0 aromatic rings. The van der Waals surface area contributed by atoms with E-state index in [-0.39, 0.29) is 6.10 Å². The fourth-order valence-corrected chi connectivity index (χ4v) is 8.13. The summed E-state index contributed by atoms with van der Waals surface area (Å²) in [7, 11) is 0. The van der Waals surface area contributed by atoms with Crippen molar-refractivity contribution in [2.45, 2.75) is 84.3 Å². The van der Waals surface area contributed by atoms with Gasteiger partial charge in [0.15, 0.2) is 0 Å². The predicted octanol–water partition coefficient (Wildman–Crippen LogP) is 4.96. The number of fused-ring (bicyclic) bond motifs is 7. The maximum Gasteiger partial charge on any atom is 0.0611 e. The Kier molecular flexibility index (Phi) is 3.75. The molecule has 1 saturated heterocycles. The lowest BCUT2D eigenvalue weighted by atomic mass is 9.47. The predicted molar refractivity (Wildman–Crippen MR) is 100 cm³/mol. The number of aliphatic hydroxyl groups excluding tert-OH is 1. The van der Waals surface area contributed by atoms with Crippen molar-refractivity contribution in [3.63, 3.8) is 0 Å². The molecule has 2 nitrogen and oxygen atoms in total. The molecule has 1 aliphatic heterocycles. The van der Waals surface area contributed by atoms with Gasteiger partial charge in [0.1, 0.15) is 0 Å². The summed E-state index contributed by atoms with van der Waals surface area (Å²) >= 11 is 0. The topological polar surface area (TPSA) is 29.5 Å². The third kappa shape index (κ3) is 2.29. The Hall–Kier alpha value is -0.340. The number of hydrogen-bond acceptors (Lipinski definition) is 2. The molecule has 0 spiro atoms.